The number of rotatable bonds is 3. The zero-order valence-corrected chi connectivity index (χ0v) is 14.7. The van der Waals surface area contributed by atoms with E-state index in [1.165, 1.54) is 0 Å². The number of nitrogens with zero attached hydrogens (tertiary/aromatic N) is 3. The Morgan fingerprint density at radius 1 is 1.29 bits per heavy atom. The van der Waals surface area contributed by atoms with Gasteiger partial charge in [0.15, 0.2) is 9.84 Å². The van der Waals surface area contributed by atoms with Gasteiger partial charge >= 0.3 is 0 Å². The number of aromatic nitrogens is 1. The van der Waals surface area contributed by atoms with Gasteiger partial charge < -0.3 is 4.90 Å². The van der Waals surface area contributed by atoms with Crippen molar-refractivity contribution in [2.75, 3.05) is 24.6 Å². The molecule has 1 amide bonds. The first-order valence-electron chi connectivity index (χ1n) is 8.52. The molecule has 0 N–H and O–H groups in total. The Balaban J connectivity index is 1.57. The minimum Gasteiger partial charge on any atom is -0.335 e. The highest BCUT2D eigenvalue weighted by atomic mass is 32.2. The number of fused-ring (bicyclic) bond motifs is 1. The van der Waals surface area contributed by atoms with E-state index in [1.807, 2.05) is 30.2 Å². The molecule has 1 aromatic heterocycles. The van der Waals surface area contributed by atoms with Crippen molar-refractivity contribution in [3.05, 3.63) is 30.1 Å². The zero-order chi connectivity index (χ0) is 16.9. The molecule has 0 unspecified atom stereocenters. The van der Waals surface area contributed by atoms with Crippen molar-refractivity contribution >= 4 is 15.7 Å². The van der Waals surface area contributed by atoms with Crippen LogP contribution >= 0.6 is 0 Å². The van der Waals surface area contributed by atoms with Crippen molar-refractivity contribution in [1.82, 2.24) is 14.8 Å². The minimum atomic E-state index is -3.10. The molecule has 2 saturated heterocycles. The highest BCUT2D eigenvalue weighted by Crippen LogP contribution is 2.47. The summed E-state index contributed by atoms with van der Waals surface area (Å²) in [6, 6.07) is 3.60. The summed E-state index contributed by atoms with van der Waals surface area (Å²) < 4.78 is 24.5. The van der Waals surface area contributed by atoms with Gasteiger partial charge in [-0.3, -0.25) is 14.7 Å². The Morgan fingerprint density at radius 2 is 2.04 bits per heavy atom. The molecule has 1 saturated carbocycles. The van der Waals surface area contributed by atoms with Crippen molar-refractivity contribution in [1.29, 1.82) is 0 Å². The van der Waals surface area contributed by atoms with Crippen molar-refractivity contribution in [3.8, 4) is 0 Å². The predicted molar refractivity (Wildman–Crippen MR) is 89.9 cm³/mol. The third kappa shape index (κ3) is 2.84. The van der Waals surface area contributed by atoms with Gasteiger partial charge in [0, 0.05) is 43.5 Å². The molecule has 3 aliphatic rings. The van der Waals surface area contributed by atoms with Crippen LogP contribution in [0.25, 0.3) is 0 Å². The third-order valence-corrected chi connectivity index (χ3v) is 7.38. The van der Waals surface area contributed by atoms with Gasteiger partial charge in [-0.2, -0.15) is 0 Å². The van der Waals surface area contributed by atoms with Gasteiger partial charge in [0.2, 0.25) is 5.91 Å². The van der Waals surface area contributed by atoms with E-state index < -0.39 is 9.84 Å². The second kappa shape index (κ2) is 5.52. The Kier molecular flexibility index (Phi) is 3.69. The fourth-order valence-corrected chi connectivity index (χ4v) is 5.96. The molecular formula is C17H23N3O3S. The maximum atomic E-state index is 12.8. The highest BCUT2D eigenvalue weighted by molar-refractivity contribution is 7.91. The van der Waals surface area contributed by atoms with Crippen LogP contribution in [-0.4, -0.2) is 65.8 Å². The van der Waals surface area contributed by atoms with Crippen LogP contribution in [0.15, 0.2) is 24.5 Å². The SMILES string of the molecule is CC1(C(=O)N2CCN(Cc3cccnc3)[C@@H]3CS(=O)(=O)C[C@@H]32)CC1. The van der Waals surface area contributed by atoms with Crippen molar-refractivity contribution in [2.45, 2.75) is 38.4 Å². The van der Waals surface area contributed by atoms with Crippen molar-refractivity contribution < 1.29 is 13.2 Å². The van der Waals surface area contributed by atoms with Gasteiger partial charge in [0.1, 0.15) is 0 Å². The summed E-state index contributed by atoms with van der Waals surface area (Å²) in [5.74, 6) is 0.400. The summed E-state index contributed by atoms with van der Waals surface area (Å²) in [6.45, 7) is 4.01. The lowest BCUT2D eigenvalue weighted by Gasteiger charge is -2.44. The van der Waals surface area contributed by atoms with E-state index in [2.05, 4.69) is 9.88 Å². The molecule has 3 heterocycles. The lowest BCUT2D eigenvalue weighted by Crippen LogP contribution is -2.61. The molecule has 0 bridgehead atoms. The molecule has 1 aromatic rings. The minimum absolute atomic E-state index is 0.100. The monoisotopic (exact) mass is 349 g/mol. The average molecular weight is 349 g/mol. The standard InChI is InChI=1S/C17H23N3O3S/c1-17(4-5-17)16(21)20-8-7-19(10-13-3-2-6-18-9-13)14-11-24(22,23)12-15(14)20/h2-3,6,9,14-15H,4-5,7-8,10-12H2,1H3/t14-,15+/m1/s1. The lowest BCUT2D eigenvalue weighted by molar-refractivity contribution is -0.142. The van der Waals surface area contributed by atoms with Crippen LogP contribution < -0.4 is 0 Å². The number of carbonyl (C=O) groups is 1. The number of amides is 1. The molecule has 4 rings (SSSR count). The number of sulfone groups is 1. The third-order valence-electron chi connectivity index (χ3n) is 5.68. The van der Waals surface area contributed by atoms with Crippen LogP contribution in [0.1, 0.15) is 25.3 Å². The van der Waals surface area contributed by atoms with E-state index in [1.54, 1.807) is 6.20 Å². The van der Waals surface area contributed by atoms with Crippen LogP contribution in [0.4, 0.5) is 0 Å². The van der Waals surface area contributed by atoms with Crippen LogP contribution in [-0.2, 0) is 21.2 Å². The molecule has 3 fully saturated rings. The first-order chi connectivity index (χ1) is 11.4. The topological polar surface area (TPSA) is 70.6 Å². The van der Waals surface area contributed by atoms with E-state index >= 15 is 0 Å². The summed E-state index contributed by atoms with van der Waals surface area (Å²) in [4.78, 5) is 21.0. The van der Waals surface area contributed by atoms with E-state index in [0.29, 0.717) is 19.6 Å². The fraction of sp³-hybridized carbons (Fsp3) is 0.647. The summed E-state index contributed by atoms with van der Waals surface area (Å²) in [5.41, 5.74) is 0.831. The highest BCUT2D eigenvalue weighted by Gasteiger charge is 2.53. The van der Waals surface area contributed by atoms with Crippen LogP contribution in [0.3, 0.4) is 0 Å². The van der Waals surface area contributed by atoms with Crippen molar-refractivity contribution in [3.63, 3.8) is 0 Å². The van der Waals surface area contributed by atoms with Crippen molar-refractivity contribution in [2.24, 2.45) is 5.41 Å². The number of pyridine rings is 1. The first kappa shape index (κ1) is 16.0. The molecule has 2 aliphatic heterocycles. The maximum Gasteiger partial charge on any atom is 0.228 e. The van der Waals surface area contributed by atoms with Gasteiger partial charge in [0.05, 0.1) is 17.5 Å². The van der Waals surface area contributed by atoms with E-state index in [9.17, 15) is 13.2 Å². The second-order valence-corrected chi connectivity index (χ2v) is 9.76. The van der Waals surface area contributed by atoms with Gasteiger partial charge in [0.25, 0.3) is 0 Å². The van der Waals surface area contributed by atoms with E-state index in [0.717, 1.165) is 18.4 Å². The van der Waals surface area contributed by atoms with E-state index in [-0.39, 0.29) is 34.9 Å². The molecule has 24 heavy (non-hydrogen) atoms. The smallest absolute Gasteiger partial charge is 0.228 e. The molecule has 1 aliphatic carbocycles. The van der Waals surface area contributed by atoms with Crippen LogP contribution in [0.5, 0.6) is 0 Å². The Labute approximate surface area is 142 Å². The molecule has 0 aromatic carbocycles. The van der Waals surface area contributed by atoms with Gasteiger partial charge in [-0.1, -0.05) is 13.0 Å². The van der Waals surface area contributed by atoms with Gasteiger partial charge in [-0.15, -0.1) is 0 Å². The molecule has 2 atom stereocenters. The van der Waals surface area contributed by atoms with E-state index in [4.69, 9.17) is 0 Å². The molecule has 7 heteroatoms. The summed E-state index contributed by atoms with van der Waals surface area (Å²) >= 11 is 0. The molecular weight excluding hydrogens is 326 g/mol. The lowest BCUT2D eigenvalue weighted by atomic mass is 10.00. The number of hydrogen-bond acceptors (Lipinski definition) is 5. The zero-order valence-electron chi connectivity index (χ0n) is 13.9. The maximum absolute atomic E-state index is 12.8. The van der Waals surface area contributed by atoms with Gasteiger partial charge in [-0.05, 0) is 24.5 Å². The summed E-state index contributed by atoms with van der Waals surface area (Å²) in [7, 11) is -3.10. The molecule has 130 valence electrons. The Morgan fingerprint density at radius 3 is 2.71 bits per heavy atom. The largest absolute Gasteiger partial charge is 0.335 e. The van der Waals surface area contributed by atoms with Crippen LogP contribution in [0.2, 0.25) is 0 Å². The second-order valence-electron chi connectivity index (χ2n) is 7.60. The Bertz CT molecular complexity index is 746. The number of hydrogen-bond donors (Lipinski definition) is 0. The van der Waals surface area contributed by atoms with Crippen LogP contribution in [0, 0.1) is 5.41 Å². The predicted octanol–water partition coefficient (Wildman–Crippen LogP) is 0.692. The Hall–Kier alpha value is -1.47. The molecule has 6 nitrogen and oxygen atoms in total. The quantitative estimate of drug-likeness (QED) is 0.803. The average Bonchev–Trinajstić information content (AvgIpc) is 3.20. The summed E-state index contributed by atoms with van der Waals surface area (Å²) in [5, 5.41) is 0. The normalized spacial score (nSPS) is 30.8. The number of carbonyl (C=O) groups excluding carboxylic acids is 1. The van der Waals surface area contributed by atoms with Gasteiger partial charge in [-0.25, -0.2) is 8.42 Å². The molecule has 0 radical (unpaired) electrons. The number of piperazine rings is 1. The summed E-state index contributed by atoms with van der Waals surface area (Å²) in [6.07, 6.45) is 5.40. The fourth-order valence-electron chi connectivity index (χ4n) is 3.95. The first-order valence-corrected chi connectivity index (χ1v) is 10.3. The molecule has 0 spiro atoms.